The summed E-state index contributed by atoms with van der Waals surface area (Å²) in [6.07, 6.45) is 5.62. The molecule has 21 heavy (non-hydrogen) atoms. The van der Waals surface area contributed by atoms with Crippen LogP contribution in [0.25, 0.3) is 22.2 Å². The second kappa shape index (κ2) is 4.18. The first-order valence-corrected chi connectivity index (χ1v) is 6.58. The molecule has 5 nitrogen and oxygen atoms in total. The van der Waals surface area contributed by atoms with Crippen LogP contribution in [0.3, 0.4) is 0 Å². The van der Waals surface area contributed by atoms with E-state index in [0.717, 1.165) is 27.8 Å². The normalized spacial score (nSPS) is 11.0. The number of pyridine rings is 1. The van der Waals surface area contributed by atoms with E-state index < -0.39 is 0 Å². The minimum Gasteiger partial charge on any atom is -0.316 e. The highest BCUT2D eigenvalue weighted by molar-refractivity contribution is 5.84. The first kappa shape index (κ1) is 11.7. The Labute approximate surface area is 120 Å². The van der Waals surface area contributed by atoms with Gasteiger partial charge in [0, 0.05) is 23.8 Å². The number of rotatable bonds is 1. The number of nitrogens with zero attached hydrogens (tertiary/aromatic N) is 5. The van der Waals surface area contributed by atoms with Crippen LogP contribution < -0.4 is 0 Å². The highest BCUT2D eigenvalue weighted by Crippen LogP contribution is 2.24. The fourth-order valence-electron chi connectivity index (χ4n) is 2.59. The SMILES string of the molecule is Cc1cc2c(ccn2-c2ccn3cnnc3c2)cc1C#N. The number of aryl methyl sites for hydroxylation is 1. The Morgan fingerprint density at radius 2 is 2.05 bits per heavy atom. The highest BCUT2D eigenvalue weighted by atomic mass is 15.2. The molecule has 0 radical (unpaired) electrons. The minimum absolute atomic E-state index is 0.716. The van der Waals surface area contributed by atoms with Gasteiger partial charge in [0.2, 0.25) is 0 Å². The molecular formula is C16H11N5. The largest absolute Gasteiger partial charge is 0.316 e. The molecule has 0 aliphatic heterocycles. The summed E-state index contributed by atoms with van der Waals surface area (Å²) in [7, 11) is 0. The lowest BCUT2D eigenvalue weighted by molar-refractivity contribution is 1.09. The van der Waals surface area contributed by atoms with Crippen molar-refractivity contribution in [3.8, 4) is 11.8 Å². The molecule has 0 spiro atoms. The van der Waals surface area contributed by atoms with Crippen molar-refractivity contribution in [2.45, 2.75) is 6.92 Å². The smallest absolute Gasteiger partial charge is 0.162 e. The molecule has 4 rings (SSSR count). The van der Waals surface area contributed by atoms with Crippen molar-refractivity contribution in [3.63, 3.8) is 0 Å². The number of aromatic nitrogens is 4. The van der Waals surface area contributed by atoms with Gasteiger partial charge >= 0.3 is 0 Å². The predicted molar refractivity (Wildman–Crippen MR) is 79.3 cm³/mol. The zero-order valence-corrected chi connectivity index (χ0v) is 11.4. The molecule has 1 aromatic carbocycles. The lowest BCUT2D eigenvalue weighted by Gasteiger charge is -2.07. The Hall–Kier alpha value is -3.13. The Bertz CT molecular complexity index is 1020. The van der Waals surface area contributed by atoms with Crippen LogP contribution in [0.5, 0.6) is 0 Å². The van der Waals surface area contributed by atoms with E-state index in [9.17, 15) is 0 Å². The summed E-state index contributed by atoms with van der Waals surface area (Å²) in [6, 6.07) is 12.2. The second-order valence-corrected chi connectivity index (χ2v) is 5.00. The van der Waals surface area contributed by atoms with E-state index in [0.29, 0.717) is 5.56 Å². The van der Waals surface area contributed by atoms with Crippen molar-refractivity contribution >= 4 is 16.6 Å². The molecule has 0 atom stereocenters. The van der Waals surface area contributed by atoms with Gasteiger partial charge in [0.05, 0.1) is 22.8 Å². The van der Waals surface area contributed by atoms with Crippen LogP contribution in [-0.2, 0) is 0 Å². The predicted octanol–water partition coefficient (Wildman–Crippen LogP) is 2.85. The molecule has 4 aromatic rings. The molecule has 100 valence electrons. The average molecular weight is 273 g/mol. The van der Waals surface area contributed by atoms with Crippen molar-refractivity contribution in [1.29, 1.82) is 5.26 Å². The Morgan fingerprint density at radius 3 is 2.90 bits per heavy atom. The molecule has 0 N–H and O–H groups in total. The maximum absolute atomic E-state index is 9.12. The fraction of sp³-hybridized carbons (Fsp3) is 0.0625. The van der Waals surface area contributed by atoms with Crippen LogP contribution in [0.1, 0.15) is 11.1 Å². The molecule has 0 aliphatic carbocycles. The van der Waals surface area contributed by atoms with Crippen LogP contribution >= 0.6 is 0 Å². The third kappa shape index (κ3) is 1.70. The summed E-state index contributed by atoms with van der Waals surface area (Å²) in [5.41, 5.74) is 4.60. The van der Waals surface area contributed by atoms with E-state index >= 15 is 0 Å². The molecule has 0 saturated carbocycles. The van der Waals surface area contributed by atoms with Crippen molar-refractivity contribution in [2.24, 2.45) is 0 Å². The van der Waals surface area contributed by atoms with Crippen LogP contribution in [0.15, 0.2) is 49.1 Å². The minimum atomic E-state index is 0.716. The summed E-state index contributed by atoms with van der Waals surface area (Å²) in [5.74, 6) is 0. The van der Waals surface area contributed by atoms with E-state index in [1.807, 2.05) is 54.0 Å². The molecule has 0 aliphatic rings. The molecule has 3 heterocycles. The van der Waals surface area contributed by atoms with Crippen molar-refractivity contribution < 1.29 is 0 Å². The molecule has 3 aromatic heterocycles. The van der Waals surface area contributed by atoms with E-state index in [1.165, 1.54) is 0 Å². The van der Waals surface area contributed by atoms with Crippen LogP contribution in [-0.4, -0.2) is 19.2 Å². The summed E-state index contributed by atoms with van der Waals surface area (Å²) in [6.45, 7) is 1.96. The van der Waals surface area contributed by atoms with Gasteiger partial charge in [-0.1, -0.05) is 0 Å². The summed E-state index contributed by atoms with van der Waals surface area (Å²) >= 11 is 0. The van der Waals surface area contributed by atoms with Gasteiger partial charge in [0.1, 0.15) is 6.33 Å². The average Bonchev–Trinajstić information content (AvgIpc) is 3.11. The molecular weight excluding hydrogens is 262 g/mol. The lowest BCUT2D eigenvalue weighted by atomic mass is 10.1. The molecule has 5 heteroatoms. The summed E-state index contributed by atoms with van der Waals surface area (Å²) in [4.78, 5) is 0. The van der Waals surface area contributed by atoms with Crippen LogP contribution in [0.2, 0.25) is 0 Å². The first-order valence-electron chi connectivity index (χ1n) is 6.58. The van der Waals surface area contributed by atoms with Gasteiger partial charge in [-0.15, -0.1) is 10.2 Å². The fourth-order valence-corrected chi connectivity index (χ4v) is 2.59. The zero-order valence-electron chi connectivity index (χ0n) is 11.4. The van der Waals surface area contributed by atoms with Gasteiger partial charge in [-0.2, -0.15) is 5.26 Å². The number of benzene rings is 1. The number of nitriles is 1. The van der Waals surface area contributed by atoms with Gasteiger partial charge < -0.3 is 4.57 Å². The molecule has 0 unspecified atom stereocenters. The lowest BCUT2D eigenvalue weighted by Crippen LogP contribution is -1.94. The van der Waals surface area contributed by atoms with Gasteiger partial charge in [0.25, 0.3) is 0 Å². The first-order chi connectivity index (χ1) is 10.3. The number of hydrogen-bond acceptors (Lipinski definition) is 3. The topological polar surface area (TPSA) is 58.9 Å². The third-order valence-electron chi connectivity index (χ3n) is 3.72. The quantitative estimate of drug-likeness (QED) is 0.536. The van der Waals surface area contributed by atoms with E-state index in [2.05, 4.69) is 20.8 Å². The summed E-state index contributed by atoms with van der Waals surface area (Å²) in [5, 5.41) is 18.1. The maximum atomic E-state index is 9.12. The van der Waals surface area contributed by atoms with Crippen molar-refractivity contribution in [2.75, 3.05) is 0 Å². The van der Waals surface area contributed by atoms with Gasteiger partial charge in [0.15, 0.2) is 5.65 Å². The van der Waals surface area contributed by atoms with Crippen molar-refractivity contribution in [1.82, 2.24) is 19.2 Å². The number of hydrogen-bond donors (Lipinski definition) is 0. The Kier molecular flexibility index (Phi) is 2.33. The van der Waals surface area contributed by atoms with Crippen LogP contribution in [0, 0.1) is 18.3 Å². The summed E-state index contributed by atoms with van der Waals surface area (Å²) < 4.78 is 3.96. The van der Waals surface area contributed by atoms with E-state index in [1.54, 1.807) is 6.33 Å². The number of fused-ring (bicyclic) bond motifs is 2. The van der Waals surface area contributed by atoms with E-state index in [-0.39, 0.29) is 0 Å². The maximum Gasteiger partial charge on any atom is 0.162 e. The third-order valence-corrected chi connectivity index (χ3v) is 3.72. The second-order valence-electron chi connectivity index (χ2n) is 5.00. The van der Waals surface area contributed by atoms with E-state index in [4.69, 9.17) is 5.26 Å². The monoisotopic (exact) mass is 273 g/mol. The Balaban J connectivity index is 1.97. The molecule has 0 saturated heterocycles. The zero-order chi connectivity index (χ0) is 14.4. The van der Waals surface area contributed by atoms with Crippen molar-refractivity contribution in [3.05, 3.63) is 60.2 Å². The van der Waals surface area contributed by atoms with Gasteiger partial charge in [-0.3, -0.25) is 4.40 Å². The molecule has 0 amide bonds. The molecule has 0 fully saturated rings. The molecule has 0 bridgehead atoms. The van der Waals surface area contributed by atoms with Gasteiger partial charge in [-0.25, -0.2) is 0 Å². The van der Waals surface area contributed by atoms with Gasteiger partial charge in [-0.05, 0) is 36.8 Å². The Morgan fingerprint density at radius 1 is 1.14 bits per heavy atom. The highest BCUT2D eigenvalue weighted by Gasteiger charge is 2.08. The van der Waals surface area contributed by atoms with Crippen LogP contribution in [0.4, 0.5) is 0 Å². The standard InChI is InChI=1S/C16H11N5/c1-11-6-15-12(7-13(11)9-17)2-5-21(15)14-3-4-20-10-18-19-16(20)8-14/h2-8,10H,1H3.